The van der Waals surface area contributed by atoms with Crippen molar-refractivity contribution in [2.45, 2.75) is 14.9 Å². The van der Waals surface area contributed by atoms with E-state index in [2.05, 4.69) is 38.4 Å². The molecular formula is C24H56N3O6+3. The van der Waals surface area contributed by atoms with Gasteiger partial charge in [-0.05, 0) is 24.3 Å². The normalized spacial score (nSPS) is 12.8. The number of hydrogen-bond donors (Lipinski definition) is 6. The van der Waals surface area contributed by atoms with Gasteiger partial charge in [0.15, 0.2) is 0 Å². The zero-order valence-electron chi connectivity index (χ0n) is 19.6. The summed E-state index contributed by atoms with van der Waals surface area (Å²) in [6.07, 6.45) is 8.35. The molecule has 0 spiro atoms. The first-order valence-corrected chi connectivity index (χ1v) is 11.3. The average molecular weight is 483 g/mol. The molecule has 9 heteroatoms. The third-order valence-corrected chi connectivity index (χ3v) is 5.96. The molecule has 0 heterocycles. The van der Waals surface area contributed by atoms with Gasteiger partial charge in [0.2, 0.25) is 0 Å². The Bertz CT molecular complexity index is 425. The zero-order valence-corrected chi connectivity index (χ0v) is 19.6. The molecule has 33 heavy (non-hydrogen) atoms. The number of aliphatic hydroxyl groups excluding tert-OH is 6. The minimum absolute atomic E-state index is 0. The first kappa shape index (κ1) is 36.7. The zero-order chi connectivity index (χ0) is 23.6. The Labute approximate surface area is 202 Å². The molecule has 0 radical (unpaired) electrons. The van der Waals surface area contributed by atoms with E-state index in [9.17, 15) is 30.6 Å². The van der Waals surface area contributed by atoms with Gasteiger partial charge in [-0.15, -0.1) is 0 Å². The van der Waals surface area contributed by atoms with Crippen molar-refractivity contribution in [2.24, 2.45) is 0 Å². The molecule has 0 fully saturated rings. The molecule has 200 valence electrons. The summed E-state index contributed by atoms with van der Waals surface area (Å²) in [5.41, 5.74) is 0. The summed E-state index contributed by atoms with van der Waals surface area (Å²) in [7, 11) is 4.26. The Balaban J connectivity index is -0.00000450. The molecule has 0 aliphatic heterocycles. The minimum Gasteiger partial charge on any atom is -0.391 e. The number of hydrogen-bond acceptors (Lipinski definition) is 6. The molecular weight excluding hydrogens is 426 g/mol. The molecule has 0 aliphatic carbocycles. The van der Waals surface area contributed by atoms with Crippen LogP contribution in [0.5, 0.6) is 0 Å². The van der Waals surface area contributed by atoms with Gasteiger partial charge in [0.1, 0.15) is 39.3 Å². The van der Waals surface area contributed by atoms with Gasteiger partial charge < -0.3 is 44.1 Å². The number of nitrogens with zero attached hydrogens (tertiary/aromatic N) is 3. The van der Waals surface area contributed by atoms with Crippen molar-refractivity contribution in [1.82, 2.24) is 0 Å². The van der Waals surface area contributed by atoms with E-state index >= 15 is 0 Å². The summed E-state index contributed by atoms with van der Waals surface area (Å²) in [4.78, 5) is 0. The highest BCUT2D eigenvalue weighted by Crippen LogP contribution is 2.08. The second-order valence-electron chi connectivity index (χ2n) is 8.98. The maximum absolute atomic E-state index is 9.36. The van der Waals surface area contributed by atoms with Crippen LogP contribution in [0.3, 0.4) is 0 Å². The first-order chi connectivity index (χ1) is 14.8. The van der Waals surface area contributed by atoms with Gasteiger partial charge in [0.25, 0.3) is 0 Å². The molecule has 0 unspecified atom stereocenters. The minimum atomic E-state index is 0. The molecule has 0 amide bonds. The van der Waals surface area contributed by atoms with Crippen LogP contribution in [0.25, 0.3) is 0 Å². The highest BCUT2D eigenvalue weighted by Gasteiger charge is 2.25. The van der Waals surface area contributed by atoms with Crippen LogP contribution in [0.4, 0.5) is 0 Å². The van der Waals surface area contributed by atoms with Crippen LogP contribution >= 0.6 is 0 Å². The predicted octanol–water partition coefficient (Wildman–Crippen LogP) is -0.965. The summed E-state index contributed by atoms with van der Waals surface area (Å²) in [5.74, 6) is 0. The molecule has 0 atom stereocenters. The second-order valence-corrected chi connectivity index (χ2v) is 8.98. The molecule has 0 rings (SSSR count). The van der Waals surface area contributed by atoms with E-state index in [1.54, 1.807) is 0 Å². The Morgan fingerprint density at radius 3 is 0.848 bits per heavy atom. The van der Waals surface area contributed by atoms with Gasteiger partial charge >= 0.3 is 0 Å². The first-order valence-electron chi connectivity index (χ1n) is 11.3. The van der Waals surface area contributed by atoms with E-state index in [1.807, 2.05) is 0 Å². The van der Waals surface area contributed by atoms with Crippen LogP contribution in [0, 0.1) is 0 Å². The fraction of sp³-hybridized carbons (Fsp3) is 0.833. The molecule has 6 N–H and O–H groups in total. The Morgan fingerprint density at radius 2 is 0.636 bits per heavy atom. The highest BCUT2D eigenvalue weighted by atomic mass is 16.3. The second kappa shape index (κ2) is 20.5. The Hall–Kier alpha value is -0.880. The van der Waals surface area contributed by atoms with Crippen LogP contribution in [0.2, 0.25) is 0 Å². The maximum Gasteiger partial charge on any atom is 0.102 e. The van der Waals surface area contributed by atoms with Gasteiger partial charge in [-0.2, -0.15) is 0 Å². The Kier molecular flexibility index (Phi) is 22.8. The van der Waals surface area contributed by atoms with Crippen LogP contribution < -0.4 is 0 Å². The topological polar surface area (TPSA) is 121 Å². The van der Waals surface area contributed by atoms with Crippen LogP contribution in [0.15, 0.2) is 24.3 Å². The van der Waals surface area contributed by atoms with Gasteiger partial charge in [-0.25, -0.2) is 0 Å². The van der Waals surface area contributed by atoms with Crippen molar-refractivity contribution < 1.29 is 44.1 Å². The Morgan fingerprint density at radius 1 is 0.424 bits per heavy atom. The monoisotopic (exact) mass is 482 g/mol. The fourth-order valence-electron chi connectivity index (χ4n) is 3.88. The van der Waals surface area contributed by atoms with Crippen molar-refractivity contribution in [3.05, 3.63) is 24.3 Å². The molecule has 0 saturated carbocycles. The summed E-state index contributed by atoms with van der Waals surface area (Å²) >= 11 is 0. The molecule has 0 aromatic rings. The maximum atomic E-state index is 9.36. The van der Waals surface area contributed by atoms with Crippen LogP contribution in [0.1, 0.15) is 14.9 Å². The summed E-state index contributed by atoms with van der Waals surface area (Å²) < 4.78 is 1.68. The van der Waals surface area contributed by atoms with Gasteiger partial charge in [0.05, 0.1) is 79.9 Å². The van der Waals surface area contributed by atoms with E-state index < -0.39 is 0 Å². The number of quaternary nitrogens is 3. The van der Waals surface area contributed by atoms with Crippen molar-refractivity contribution in [3.8, 4) is 0 Å². The van der Waals surface area contributed by atoms with Crippen molar-refractivity contribution in [1.29, 1.82) is 0 Å². The summed E-state index contributed by atoms with van der Waals surface area (Å²) in [6.45, 7) is 6.04. The quantitative estimate of drug-likeness (QED) is 0.0982. The molecule has 9 nitrogen and oxygen atoms in total. The van der Waals surface area contributed by atoms with Gasteiger partial charge in [0, 0.05) is 0 Å². The third-order valence-electron chi connectivity index (χ3n) is 5.96. The average Bonchev–Trinajstić information content (AvgIpc) is 2.70. The number of likely N-dealkylation sites (N-methyl/N-ethyl adjacent to an activating group) is 1. The van der Waals surface area contributed by atoms with Gasteiger partial charge in [-0.1, -0.05) is 14.9 Å². The van der Waals surface area contributed by atoms with E-state index in [4.69, 9.17) is 0 Å². The van der Waals surface area contributed by atoms with Crippen LogP contribution in [-0.2, 0) is 0 Å². The van der Waals surface area contributed by atoms with Crippen molar-refractivity contribution in [2.75, 3.05) is 119 Å². The fourth-order valence-corrected chi connectivity index (χ4v) is 3.88. The van der Waals surface area contributed by atoms with E-state index in [0.717, 1.165) is 17.6 Å². The number of aliphatic hydroxyl groups is 6. The smallest absolute Gasteiger partial charge is 0.102 e. The molecule has 0 bridgehead atoms. The number of rotatable bonds is 20. The van der Waals surface area contributed by atoms with E-state index in [0.29, 0.717) is 61.3 Å². The lowest BCUT2D eigenvalue weighted by molar-refractivity contribution is -0.923. The lowest BCUT2D eigenvalue weighted by atomic mass is 10.2. The van der Waals surface area contributed by atoms with Gasteiger partial charge in [-0.3, -0.25) is 0 Å². The van der Waals surface area contributed by atoms with E-state index in [-0.39, 0.29) is 54.5 Å². The molecule has 0 aromatic heterocycles. The molecule has 0 aliphatic rings. The highest BCUT2D eigenvalue weighted by molar-refractivity contribution is 4.85. The third kappa shape index (κ3) is 15.6. The largest absolute Gasteiger partial charge is 0.391 e. The van der Waals surface area contributed by atoms with Crippen molar-refractivity contribution >= 4 is 0 Å². The molecule has 0 saturated heterocycles. The van der Waals surface area contributed by atoms with E-state index in [1.165, 1.54) is 0 Å². The van der Waals surface area contributed by atoms with Crippen LogP contribution in [-0.4, -0.2) is 163 Å². The summed E-state index contributed by atoms with van der Waals surface area (Å²) in [5, 5.41) is 56.2. The lowest BCUT2D eigenvalue weighted by Gasteiger charge is -2.36. The standard InChI is InChI=1S/C22H48N3O6.2CH4/c1-23(2,7-3-5-9-24(11-17-26,12-18-27)13-19-28)8-4-6-10-25(14-20-29,15-21-30)16-22-31;;/h3-6,26-31H,7-22H2,1-2H3;2*1H4/q+3;;/b5-3+,6-4+;;. The predicted molar refractivity (Wildman–Crippen MR) is 136 cm³/mol. The molecule has 0 aromatic carbocycles. The summed E-state index contributed by atoms with van der Waals surface area (Å²) in [6, 6.07) is 0. The lowest BCUT2D eigenvalue weighted by Crippen LogP contribution is -2.53. The SMILES string of the molecule is C.C.C[N+](C)(C/C=C/C[N+](CCO)(CCO)CCO)C/C=C/C[N+](CCO)(CCO)CCO. The van der Waals surface area contributed by atoms with Crippen molar-refractivity contribution in [3.63, 3.8) is 0 Å².